The molecule has 0 aliphatic heterocycles. The Morgan fingerprint density at radius 3 is 1.79 bits per heavy atom. The Morgan fingerprint density at radius 1 is 0.750 bits per heavy atom. The van der Waals surface area contributed by atoms with Crippen LogP contribution >= 0.6 is 0 Å². The van der Waals surface area contributed by atoms with Gasteiger partial charge in [-0.05, 0) is 36.2 Å². The maximum absolute atomic E-state index is 11.0. The summed E-state index contributed by atoms with van der Waals surface area (Å²) >= 11 is 0. The van der Waals surface area contributed by atoms with E-state index in [1.54, 1.807) is 0 Å². The summed E-state index contributed by atoms with van der Waals surface area (Å²) in [7, 11) is 12.1. The van der Waals surface area contributed by atoms with E-state index in [2.05, 4.69) is 27.7 Å². The molecule has 4 heteroatoms. The number of rotatable bonds is 5. The topological polar surface area (TPSA) is 30.0 Å². The van der Waals surface area contributed by atoms with Crippen molar-refractivity contribution in [1.82, 2.24) is 0 Å². The summed E-state index contributed by atoms with van der Waals surface area (Å²) in [5, 5.41) is 11.0. The van der Waals surface area contributed by atoms with Gasteiger partial charge in [-0.25, -0.2) is 0 Å². The quantitative estimate of drug-likeness (QED) is 0.913. The molecule has 0 aliphatic carbocycles. The minimum absolute atomic E-state index is 0.645. The summed E-state index contributed by atoms with van der Waals surface area (Å²) in [5.74, 6) is 0. The number of aliphatic hydroxyl groups excluding tert-OH is 1. The molecule has 4 nitrogen and oxygen atoms in total. The summed E-state index contributed by atoms with van der Waals surface area (Å²) in [6.07, 6.45) is -0.645. The number of anilines is 3. The largest absolute Gasteiger partial charge is 0.384 e. The van der Waals surface area contributed by atoms with E-state index >= 15 is 0 Å². The first-order valence-corrected chi connectivity index (χ1v) is 8.17. The first-order chi connectivity index (χ1) is 11.2. The molecule has 130 valence electrons. The molecule has 0 radical (unpaired) electrons. The molecule has 1 N–H and O–H groups in total. The average molecular weight is 327 g/mol. The van der Waals surface area contributed by atoms with Gasteiger partial charge in [0, 0.05) is 64.9 Å². The number of benzene rings is 2. The van der Waals surface area contributed by atoms with Gasteiger partial charge < -0.3 is 19.8 Å². The van der Waals surface area contributed by atoms with Crippen LogP contribution in [-0.4, -0.2) is 47.4 Å². The maximum Gasteiger partial charge on any atom is 0.106 e. The predicted octanol–water partition coefficient (Wildman–Crippen LogP) is 3.27. The van der Waals surface area contributed by atoms with Crippen molar-refractivity contribution < 1.29 is 5.11 Å². The van der Waals surface area contributed by atoms with Crippen LogP contribution in [0.1, 0.15) is 22.8 Å². The first-order valence-electron chi connectivity index (χ1n) is 8.17. The molecule has 0 saturated heterocycles. The molecule has 1 atom stereocenters. The van der Waals surface area contributed by atoms with Crippen molar-refractivity contribution >= 4 is 17.1 Å². The SMILES string of the molecule is Cc1c(N(C)C)ccc(C(O)c2ccc(N(C)C)cc2)c1N(C)C. The van der Waals surface area contributed by atoms with Gasteiger partial charge >= 0.3 is 0 Å². The lowest BCUT2D eigenvalue weighted by atomic mass is 9.95. The third kappa shape index (κ3) is 3.49. The highest BCUT2D eigenvalue weighted by atomic mass is 16.3. The van der Waals surface area contributed by atoms with Crippen molar-refractivity contribution in [2.75, 3.05) is 57.0 Å². The van der Waals surface area contributed by atoms with Crippen LogP contribution in [0.2, 0.25) is 0 Å². The van der Waals surface area contributed by atoms with Crippen LogP contribution in [0, 0.1) is 6.92 Å². The molecular formula is C20H29N3O. The van der Waals surface area contributed by atoms with E-state index in [1.165, 1.54) is 5.56 Å². The lowest BCUT2D eigenvalue weighted by molar-refractivity contribution is 0.220. The van der Waals surface area contributed by atoms with Crippen LogP contribution in [0.25, 0.3) is 0 Å². The molecule has 1 unspecified atom stereocenters. The molecule has 2 rings (SSSR count). The van der Waals surface area contributed by atoms with Crippen molar-refractivity contribution in [2.24, 2.45) is 0 Å². The Hall–Kier alpha value is -2.20. The van der Waals surface area contributed by atoms with E-state index in [4.69, 9.17) is 0 Å². The standard InChI is InChI=1S/C20H29N3O/c1-14-18(22(4)5)13-12-17(19(14)23(6)7)20(24)15-8-10-16(11-9-15)21(2)3/h8-13,20,24H,1-7H3. The van der Waals surface area contributed by atoms with E-state index in [-0.39, 0.29) is 0 Å². The molecule has 0 fully saturated rings. The zero-order valence-corrected chi connectivity index (χ0v) is 15.8. The Morgan fingerprint density at radius 2 is 1.33 bits per heavy atom. The molecule has 0 aliphatic rings. The minimum Gasteiger partial charge on any atom is -0.384 e. The van der Waals surface area contributed by atoms with Crippen LogP contribution in [0.4, 0.5) is 17.1 Å². The maximum atomic E-state index is 11.0. The second kappa shape index (κ2) is 7.14. The van der Waals surface area contributed by atoms with Gasteiger partial charge in [0.25, 0.3) is 0 Å². The number of nitrogens with zero attached hydrogens (tertiary/aromatic N) is 3. The molecule has 0 spiro atoms. The number of hydrogen-bond donors (Lipinski definition) is 1. The average Bonchev–Trinajstić information content (AvgIpc) is 2.53. The lowest BCUT2D eigenvalue weighted by Gasteiger charge is -2.27. The van der Waals surface area contributed by atoms with Crippen LogP contribution in [0.15, 0.2) is 36.4 Å². The molecule has 0 aromatic heterocycles. The summed E-state index contributed by atoms with van der Waals surface area (Å²) in [4.78, 5) is 6.23. The van der Waals surface area contributed by atoms with Crippen LogP contribution < -0.4 is 14.7 Å². The van der Waals surface area contributed by atoms with E-state index in [9.17, 15) is 5.11 Å². The second-order valence-electron chi connectivity index (χ2n) is 6.82. The van der Waals surface area contributed by atoms with Gasteiger partial charge in [-0.15, -0.1) is 0 Å². The molecular weight excluding hydrogens is 298 g/mol. The highest BCUT2D eigenvalue weighted by Crippen LogP contribution is 2.37. The van der Waals surface area contributed by atoms with E-state index < -0.39 is 6.10 Å². The molecule has 0 saturated carbocycles. The molecule has 2 aromatic carbocycles. The van der Waals surface area contributed by atoms with Crippen molar-refractivity contribution in [3.05, 3.63) is 53.1 Å². The van der Waals surface area contributed by atoms with E-state index in [0.717, 1.165) is 28.2 Å². The molecule has 0 amide bonds. The zero-order valence-electron chi connectivity index (χ0n) is 15.8. The zero-order chi connectivity index (χ0) is 18.0. The van der Waals surface area contributed by atoms with Crippen molar-refractivity contribution in [2.45, 2.75) is 13.0 Å². The van der Waals surface area contributed by atoms with Crippen LogP contribution in [-0.2, 0) is 0 Å². The summed E-state index contributed by atoms with van der Waals surface area (Å²) in [5.41, 5.74) is 6.37. The third-order valence-electron chi connectivity index (χ3n) is 4.38. The van der Waals surface area contributed by atoms with Gasteiger partial charge in [-0.2, -0.15) is 0 Å². The van der Waals surface area contributed by atoms with Crippen LogP contribution in [0.3, 0.4) is 0 Å². The van der Waals surface area contributed by atoms with E-state index in [1.807, 2.05) is 72.6 Å². The fraction of sp³-hybridized carbons (Fsp3) is 0.400. The minimum atomic E-state index is -0.645. The number of hydrogen-bond acceptors (Lipinski definition) is 4. The van der Waals surface area contributed by atoms with Gasteiger partial charge in [0.15, 0.2) is 0 Å². The normalized spacial score (nSPS) is 12.0. The van der Waals surface area contributed by atoms with Gasteiger partial charge in [-0.3, -0.25) is 0 Å². The van der Waals surface area contributed by atoms with Gasteiger partial charge in [-0.1, -0.05) is 18.2 Å². The first kappa shape index (κ1) is 18.1. The second-order valence-corrected chi connectivity index (χ2v) is 6.82. The monoisotopic (exact) mass is 327 g/mol. The highest BCUT2D eigenvalue weighted by molar-refractivity contribution is 5.71. The van der Waals surface area contributed by atoms with Gasteiger partial charge in [0.05, 0.1) is 0 Å². The van der Waals surface area contributed by atoms with Gasteiger partial charge in [0.2, 0.25) is 0 Å². The van der Waals surface area contributed by atoms with Crippen molar-refractivity contribution in [1.29, 1.82) is 0 Å². The lowest BCUT2D eigenvalue weighted by Crippen LogP contribution is -2.18. The van der Waals surface area contributed by atoms with Gasteiger partial charge in [0.1, 0.15) is 6.10 Å². The molecule has 24 heavy (non-hydrogen) atoms. The van der Waals surface area contributed by atoms with Crippen molar-refractivity contribution in [3.63, 3.8) is 0 Å². The van der Waals surface area contributed by atoms with Crippen molar-refractivity contribution in [3.8, 4) is 0 Å². The Labute approximate surface area is 145 Å². The Balaban J connectivity index is 2.48. The Bertz CT molecular complexity index is 691. The van der Waals surface area contributed by atoms with Crippen LogP contribution in [0.5, 0.6) is 0 Å². The van der Waals surface area contributed by atoms with E-state index in [0.29, 0.717) is 0 Å². The molecule has 0 heterocycles. The Kier molecular flexibility index (Phi) is 5.40. The third-order valence-corrected chi connectivity index (χ3v) is 4.38. The molecule has 0 bridgehead atoms. The fourth-order valence-corrected chi connectivity index (χ4v) is 3.14. The summed E-state index contributed by atoms with van der Waals surface area (Å²) in [6.45, 7) is 2.11. The predicted molar refractivity (Wildman–Crippen MR) is 105 cm³/mol. The smallest absolute Gasteiger partial charge is 0.106 e. The molecule has 2 aromatic rings. The number of aliphatic hydroxyl groups is 1. The summed E-state index contributed by atoms with van der Waals surface area (Å²) in [6, 6.07) is 12.2. The fourth-order valence-electron chi connectivity index (χ4n) is 3.14. The summed E-state index contributed by atoms with van der Waals surface area (Å²) < 4.78 is 0. The highest BCUT2D eigenvalue weighted by Gasteiger charge is 2.20.